The minimum atomic E-state index is -0.754. The molecule has 2 heterocycles. The monoisotopic (exact) mass is 433 g/mol. The fourth-order valence-corrected chi connectivity index (χ4v) is 4.32. The van der Waals surface area contributed by atoms with E-state index in [9.17, 15) is 9.59 Å². The van der Waals surface area contributed by atoms with E-state index in [1.807, 2.05) is 63.2 Å². The Morgan fingerprint density at radius 2 is 1.69 bits per heavy atom. The van der Waals surface area contributed by atoms with Crippen LogP contribution < -0.4 is 5.32 Å². The molecule has 2 aromatic carbocycles. The van der Waals surface area contributed by atoms with Crippen molar-refractivity contribution in [2.24, 2.45) is 11.1 Å². The lowest BCUT2D eigenvalue weighted by Crippen LogP contribution is -2.50. The number of benzene rings is 2. The van der Waals surface area contributed by atoms with E-state index >= 15 is 0 Å². The third-order valence-electron chi connectivity index (χ3n) is 5.91. The number of carbonyl (C=O) groups is 2. The first-order valence-corrected chi connectivity index (χ1v) is 11.2. The molecule has 0 saturated carbocycles. The second kappa shape index (κ2) is 8.41. The normalized spacial score (nSPS) is 18.9. The maximum absolute atomic E-state index is 13.8. The number of hydrogen-bond donors (Lipinski definition) is 1. The van der Waals surface area contributed by atoms with Gasteiger partial charge in [-0.1, -0.05) is 61.5 Å². The van der Waals surface area contributed by atoms with Gasteiger partial charge in [0, 0.05) is 23.2 Å². The van der Waals surface area contributed by atoms with Crippen molar-refractivity contribution in [3.05, 3.63) is 70.8 Å². The summed E-state index contributed by atoms with van der Waals surface area (Å²) in [6.45, 7) is 10.9. The van der Waals surface area contributed by atoms with E-state index in [0.717, 1.165) is 16.8 Å². The highest BCUT2D eigenvalue weighted by Crippen LogP contribution is 2.33. The molecule has 2 aliphatic heterocycles. The molecule has 0 saturated heterocycles. The molecule has 2 aromatic rings. The predicted molar refractivity (Wildman–Crippen MR) is 125 cm³/mol. The van der Waals surface area contributed by atoms with E-state index < -0.39 is 11.6 Å². The van der Waals surface area contributed by atoms with Gasteiger partial charge in [-0.25, -0.2) is 0 Å². The molecule has 2 atom stereocenters. The molecule has 2 unspecified atom stereocenters. The van der Waals surface area contributed by atoms with E-state index in [2.05, 4.69) is 24.3 Å². The zero-order chi connectivity index (χ0) is 23.0. The predicted octanol–water partition coefficient (Wildman–Crippen LogP) is 4.27. The molecule has 4 rings (SSSR count). The van der Waals surface area contributed by atoms with Crippen LogP contribution in [0.5, 0.6) is 0 Å². The van der Waals surface area contributed by atoms with Gasteiger partial charge in [0.1, 0.15) is 12.6 Å². The van der Waals surface area contributed by atoms with E-state index in [1.54, 1.807) is 11.0 Å². The van der Waals surface area contributed by atoms with Crippen LogP contribution in [0.3, 0.4) is 0 Å². The SMILES string of the molecule is CC(C)c1ccc(C(C(=O)NC(C)(C)C)N2CC3CON=C3c3ccccc3C2=O)cc1. The Balaban J connectivity index is 1.80. The summed E-state index contributed by atoms with van der Waals surface area (Å²) in [5.41, 5.74) is 3.67. The molecule has 32 heavy (non-hydrogen) atoms. The fourth-order valence-electron chi connectivity index (χ4n) is 4.32. The van der Waals surface area contributed by atoms with E-state index in [1.165, 1.54) is 5.56 Å². The maximum Gasteiger partial charge on any atom is 0.255 e. The highest BCUT2D eigenvalue weighted by molar-refractivity contribution is 6.13. The fraction of sp³-hybridized carbons (Fsp3) is 0.423. The van der Waals surface area contributed by atoms with Crippen LogP contribution in [-0.2, 0) is 9.63 Å². The Kier molecular flexibility index (Phi) is 5.80. The Labute approximate surface area is 189 Å². The number of amides is 2. The van der Waals surface area contributed by atoms with Gasteiger partial charge >= 0.3 is 0 Å². The number of nitrogens with one attached hydrogen (secondary N) is 1. The second-order valence-corrected chi connectivity index (χ2v) is 9.94. The minimum Gasteiger partial charge on any atom is -0.395 e. The lowest BCUT2D eigenvalue weighted by Gasteiger charge is -2.34. The lowest BCUT2D eigenvalue weighted by molar-refractivity contribution is -0.127. The van der Waals surface area contributed by atoms with Crippen molar-refractivity contribution in [1.82, 2.24) is 10.2 Å². The van der Waals surface area contributed by atoms with Gasteiger partial charge in [0.05, 0.1) is 11.6 Å². The van der Waals surface area contributed by atoms with Gasteiger partial charge < -0.3 is 15.1 Å². The van der Waals surface area contributed by atoms with Gasteiger partial charge in [0.25, 0.3) is 5.91 Å². The smallest absolute Gasteiger partial charge is 0.255 e. The molecule has 168 valence electrons. The Morgan fingerprint density at radius 3 is 2.31 bits per heavy atom. The summed E-state index contributed by atoms with van der Waals surface area (Å²) in [4.78, 5) is 34.4. The molecule has 6 nitrogen and oxygen atoms in total. The number of fused-ring (bicyclic) bond motifs is 3. The number of hydrogen-bond acceptors (Lipinski definition) is 4. The first-order valence-electron chi connectivity index (χ1n) is 11.2. The molecular weight excluding hydrogens is 402 g/mol. The van der Waals surface area contributed by atoms with Crippen LogP contribution in [0.25, 0.3) is 0 Å². The van der Waals surface area contributed by atoms with Crippen LogP contribution in [0.15, 0.2) is 53.7 Å². The van der Waals surface area contributed by atoms with Crippen LogP contribution in [0.2, 0.25) is 0 Å². The Hall–Kier alpha value is -3.15. The third kappa shape index (κ3) is 4.27. The van der Waals surface area contributed by atoms with E-state index in [4.69, 9.17) is 4.84 Å². The topological polar surface area (TPSA) is 71.0 Å². The van der Waals surface area contributed by atoms with Crippen LogP contribution in [0.1, 0.15) is 73.6 Å². The highest BCUT2D eigenvalue weighted by atomic mass is 16.6. The van der Waals surface area contributed by atoms with Crippen LogP contribution in [0.4, 0.5) is 0 Å². The van der Waals surface area contributed by atoms with Gasteiger partial charge in [0.15, 0.2) is 0 Å². The van der Waals surface area contributed by atoms with Crippen LogP contribution >= 0.6 is 0 Å². The van der Waals surface area contributed by atoms with Crippen molar-refractivity contribution in [3.8, 4) is 0 Å². The second-order valence-electron chi connectivity index (χ2n) is 9.94. The highest BCUT2D eigenvalue weighted by Gasteiger charge is 2.41. The summed E-state index contributed by atoms with van der Waals surface area (Å²) in [5, 5.41) is 7.32. The van der Waals surface area contributed by atoms with Crippen molar-refractivity contribution in [2.75, 3.05) is 13.2 Å². The number of carbonyl (C=O) groups excluding carboxylic acids is 2. The number of rotatable bonds is 4. The summed E-state index contributed by atoms with van der Waals surface area (Å²) < 4.78 is 0. The molecule has 1 N–H and O–H groups in total. The molecule has 0 radical (unpaired) electrons. The van der Waals surface area contributed by atoms with Crippen molar-refractivity contribution in [2.45, 2.75) is 52.1 Å². The first kappa shape index (κ1) is 22.1. The summed E-state index contributed by atoms with van der Waals surface area (Å²) in [6, 6.07) is 14.7. The molecule has 0 aromatic heterocycles. The summed E-state index contributed by atoms with van der Waals surface area (Å²) >= 11 is 0. The zero-order valence-corrected chi connectivity index (χ0v) is 19.4. The standard InChI is InChI=1S/C26H31N3O3/c1-16(2)17-10-12-18(13-11-17)23(24(30)27-26(3,4)5)29-14-19-15-32-28-22(19)20-8-6-7-9-21(20)25(29)31/h6-13,16,19,23H,14-15H2,1-5H3,(H,27,30). The number of nitrogens with zero attached hydrogens (tertiary/aromatic N) is 2. The Morgan fingerprint density at radius 1 is 1.06 bits per heavy atom. The van der Waals surface area contributed by atoms with E-state index in [0.29, 0.717) is 24.6 Å². The minimum absolute atomic E-state index is 0.0810. The molecule has 0 bridgehead atoms. The molecule has 0 spiro atoms. The summed E-state index contributed by atoms with van der Waals surface area (Å²) in [7, 11) is 0. The molecule has 6 heteroatoms. The van der Waals surface area contributed by atoms with Gasteiger partial charge in [0.2, 0.25) is 5.91 Å². The van der Waals surface area contributed by atoms with Gasteiger partial charge in [-0.15, -0.1) is 0 Å². The average molecular weight is 434 g/mol. The zero-order valence-electron chi connectivity index (χ0n) is 19.4. The third-order valence-corrected chi connectivity index (χ3v) is 5.91. The first-order chi connectivity index (χ1) is 15.2. The molecule has 0 aliphatic carbocycles. The number of oxime groups is 1. The molecule has 2 amide bonds. The Bertz CT molecular complexity index is 1050. The van der Waals surface area contributed by atoms with Crippen molar-refractivity contribution < 1.29 is 14.4 Å². The largest absolute Gasteiger partial charge is 0.395 e. The van der Waals surface area contributed by atoms with Crippen molar-refractivity contribution in [1.29, 1.82) is 0 Å². The molecule has 0 fully saturated rings. The lowest BCUT2D eigenvalue weighted by atomic mass is 9.95. The van der Waals surface area contributed by atoms with Gasteiger partial charge in [-0.2, -0.15) is 0 Å². The summed E-state index contributed by atoms with van der Waals surface area (Å²) in [6.07, 6.45) is 0. The van der Waals surface area contributed by atoms with Crippen LogP contribution in [-0.4, -0.2) is 41.1 Å². The average Bonchev–Trinajstić information content (AvgIpc) is 3.16. The maximum atomic E-state index is 13.8. The quantitative estimate of drug-likeness (QED) is 0.783. The summed E-state index contributed by atoms with van der Waals surface area (Å²) in [5.74, 6) is -0.0610. The molecular formula is C26H31N3O3. The van der Waals surface area contributed by atoms with Crippen LogP contribution in [0, 0.1) is 5.92 Å². The van der Waals surface area contributed by atoms with Crippen molar-refractivity contribution in [3.63, 3.8) is 0 Å². The van der Waals surface area contributed by atoms with E-state index in [-0.39, 0.29) is 17.7 Å². The molecule has 2 aliphatic rings. The van der Waals surface area contributed by atoms with Crippen molar-refractivity contribution >= 4 is 17.5 Å². The van der Waals surface area contributed by atoms with Gasteiger partial charge in [-0.3, -0.25) is 9.59 Å². The van der Waals surface area contributed by atoms with Gasteiger partial charge in [-0.05, 0) is 43.9 Å².